The lowest BCUT2D eigenvalue weighted by Gasteiger charge is -2.38. The van der Waals surface area contributed by atoms with Crippen LogP contribution in [0.3, 0.4) is 0 Å². The lowest BCUT2D eigenvalue weighted by Crippen LogP contribution is -2.43. The molecular weight excluding hydrogens is 384 g/mol. The minimum absolute atomic E-state index is 0.650. The predicted octanol–water partition coefficient (Wildman–Crippen LogP) is 8.20. The van der Waals surface area contributed by atoms with Crippen molar-refractivity contribution in [2.45, 2.75) is 97.7 Å². The molecule has 0 atom stereocenters. The van der Waals surface area contributed by atoms with Gasteiger partial charge in [0.2, 0.25) is 0 Å². The zero-order valence-corrected chi connectivity index (χ0v) is 21.5. The van der Waals surface area contributed by atoms with Gasteiger partial charge in [-0.3, -0.25) is 0 Å². The molecule has 0 bridgehead atoms. The van der Waals surface area contributed by atoms with Crippen molar-refractivity contribution in [3.63, 3.8) is 0 Å². The molecule has 2 heteroatoms. The summed E-state index contributed by atoms with van der Waals surface area (Å²) >= 11 is 1.70. The van der Waals surface area contributed by atoms with Crippen LogP contribution >= 0.6 is 11.3 Å². The third-order valence-electron chi connectivity index (χ3n) is 5.75. The maximum absolute atomic E-state index is 5.73. The quantitative estimate of drug-likeness (QED) is 0.307. The van der Waals surface area contributed by atoms with Gasteiger partial charge in [0.25, 0.3) is 0 Å². The van der Waals surface area contributed by atoms with Gasteiger partial charge in [-0.1, -0.05) is 91.9 Å². The van der Waals surface area contributed by atoms with E-state index in [1.165, 1.54) is 0 Å². The van der Waals surface area contributed by atoms with Crippen molar-refractivity contribution in [1.29, 1.82) is 0 Å². The van der Waals surface area contributed by atoms with E-state index in [0.717, 1.165) is 46.6 Å². The van der Waals surface area contributed by atoms with E-state index in [0.29, 0.717) is 16.6 Å². The fourth-order valence-electron chi connectivity index (χ4n) is 4.31. The molecule has 0 N–H and O–H groups in total. The van der Waals surface area contributed by atoms with Crippen LogP contribution in [0.25, 0.3) is 0 Å². The summed E-state index contributed by atoms with van der Waals surface area (Å²) in [7, 11) is -1.70. The van der Waals surface area contributed by atoms with Crippen LogP contribution in [0.2, 0.25) is 16.6 Å². The van der Waals surface area contributed by atoms with Crippen LogP contribution in [0.5, 0.6) is 0 Å². The average molecular weight is 423 g/mol. The Morgan fingerprint density at radius 3 is 1.79 bits per heavy atom. The van der Waals surface area contributed by atoms with Crippen molar-refractivity contribution in [3.8, 4) is 35.6 Å². The second-order valence-corrected chi connectivity index (χ2v) is 15.3. The van der Waals surface area contributed by atoms with E-state index in [-0.39, 0.29) is 0 Å². The largest absolute Gasteiger partial charge is 0.146 e. The van der Waals surface area contributed by atoms with Gasteiger partial charge >= 0.3 is 0 Å². The molecule has 1 aromatic heterocycles. The molecule has 156 valence electrons. The van der Waals surface area contributed by atoms with Crippen LogP contribution < -0.4 is 0 Å². The second-order valence-electron chi connectivity index (χ2n) is 8.66. The molecule has 0 nitrogen and oxygen atoms in total. The normalized spacial score (nSPS) is 12.2. The van der Waals surface area contributed by atoms with Crippen LogP contribution in [0, 0.1) is 35.6 Å². The van der Waals surface area contributed by atoms with Gasteiger partial charge in [0, 0.05) is 11.1 Å². The molecule has 29 heavy (non-hydrogen) atoms. The first-order valence-corrected chi connectivity index (χ1v) is 14.1. The van der Waals surface area contributed by atoms with Gasteiger partial charge in [0.05, 0.1) is 9.75 Å². The highest BCUT2D eigenvalue weighted by molar-refractivity contribution is 7.13. The molecular formula is C27H38SSi. The standard InChI is InChI=1S/C27H38SSi/c1-10-13-24(12-3)25(14-11-2)15-16-26-17-18-27(28-26)19-20-29(21(4)5,22(6)7)23(8)9/h3,17-18,21-23H,10-11,13-14H2,1-2,4-9H3/b25-24-. The van der Waals surface area contributed by atoms with Gasteiger partial charge in [-0.2, -0.15) is 0 Å². The summed E-state index contributed by atoms with van der Waals surface area (Å²) in [5, 5.41) is 0. The summed E-state index contributed by atoms with van der Waals surface area (Å²) in [6, 6.07) is 4.23. The van der Waals surface area contributed by atoms with E-state index in [4.69, 9.17) is 6.42 Å². The fourth-order valence-corrected chi connectivity index (χ4v) is 10.3. The highest BCUT2D eigenvalue weighted by Gasteiger charge is 2.41. The SMILES string of the molecule is C#C/C(CCC)=C(/C#Cc1ccc(C#C[Si](C(C)C)(C(C)C)C(C)C)s1)CCC. The van der Waals surface area contributed by atoms with E-state index < -0.39 is 8.07 Å². The van der Waals surface area contributed by atoms with Gasteiger partial charge in [-0.15, -0.1) is 23.3 Å². The van der Waals surface area contributed by atoms with Gasteiger partial charge in [0.15, 0.2) is 0 Å². The zero-order chi connectivity index (χ0) is 22.0. The summed E-state index contributed by atoms with van der Waals surface area (Å²) < 4.78 is 0. The molecule has 0 saturated heterocycles. The van der Waals surface area contributed by atoms with E-state index >= 15 is 0 Å². The van der Waals surface area contributed by atoms with Crippen molar-refractivity contribution in [3.05, 3.63) is 33.0 Å². The maximum Gasteiger partial charge on any atom is 0.146 e. The van der Waals surface area contributed by atoms with Crippen molar-refractivity contribution < 1.29 is 0 Å². The number of terminal acetylenes is 1. The predicted molar refractivity (Wildman–Crippen MR) is 135 cm³/mol. The molecule has 1 rings (SSSR count). The van der Waals surface area contributed by atoms with Crippen molar-refractivity contribution >= 4 is 19.4 Å². The topological polar surface area (TPSA) is 0 Å². The minimum atomic E-state index is -1.70. The van der Waals surface area contributed by atoms with Crippen LogP contribution in [0.15, 0.2) is 23.3 Å². The maximum atomic E-state index is 5.73. The minimum Gasteiger partial charge on any atom is -0.124 e. The Kier molecular flexibility index (Phi) is 10.6. The molecule has 0 aliphatic rings. The summed E-state index contributed by atoms with van der Waals surface area (Å²) in [5.74, 6) is 13.1. The third kappa shape index (κ3) is 6.68. The number of hydrogen-bond donors (Lipinski definition) is 0. The van der Waals surface area contributed by atoms with E-state index in [1.54, 1.807) is 11.3 Å². The van der Waals surface area contributed by atoms with E-state index in [1.807, 2.05) is 0 Å². The first kappa shape index (κ1) is 25.4. The molecule has 0 aromatic carbocycles. The monoisotopic (exact) mass is 422 g/mol. The second kappa shape index (κ2) is 12.1. The highest BCUT2D eigenvalue weighted by Crippen LogP contribution is 2.40. The van der Waals surface area contributed by atoms with Crippen molar-refractivity contribution in [2.75, 3.05) is 0 Å². The van der Waals surface area contributed by atoms with E-state index in [9.17, 15) is 0 Å². The molecule has 0 saturated carbocycles. The summed E-state index contributed by atoms with van der Waals surface area (Å²) in [4.78, 5) is 2.20. The average Bonchev–Trinajstić information content (AvgIpc) is 3.11. The molecule has 0 radical (unpaired) electrons. The van der Waals surface area contributed by atoms with Gasteiger partial charge < -0.3 is 0 Å². The highest BCUT2D eigenvalue weighted by atomic mass is 32.1. The molecule has 0 aliphatic carbocycles. The van der Waals surface area contributed by atoms with Crippen molar-refractivity contribution in [2.24, 2.45) is 0 Å². The lowest BCUT2D eigenvalue weighted by atomic mass is 10.0. The zero-order valence-electron chi connectivity index (χ0n) is 19.7. The van der Waals surface area contributed by atoms with Gasteiger partial charge in [-0.05, 0) is 41.6 Å². The molecule has 1 aromatic rings. The molecule has 0 unspecified atom stereocenters. The first-order valence-electron chi connectivity index (χ1n) is 11.1. The van der Waals surface area contributed by atoms with Crippen molar-refractivity contribution in [1.82, 2.24) is 0 Å². The number of rotatable bonds is 7. The smallest absolute Gasteiger partial charge is 0.124 e. The number of thiophene rings is 1. The Hall–Kier alpha value is -1.66. The fraction of sp³-hybridized carbons (Fsp3) is 0.556. The molecule has 0 aliphatic heterocycles. The summed E-state index contributed by atoms with van der Waals surface area (Å²) in [6.07, 6.45) is 9.74. The summed E-state index contributed by atoms with van der Waals surface area (Å²) in [5.41, 5.74) is 7.95. The number of hydrogen-bond acceptors (Lipinski definition) is 1. The van der Waals surface area contributed by atoms with Gasteiger partial charge in [0.1, 0.15) is 8.07 Å². The number of allylic oxidation sites excluding steroid dienone is 2. The Balaban J connectivity index is 3.22. The van der Waals surface area contributed by atoms with E-state index in [2.05, 4.69) is 96.7 Å². The van der Waals surface area contributed by atoms with Crippen LogP contribution in [0.4, 0.5) is 0 Å². The Labute approximate surface area is 185 Å². The Morgan fingerprint density at radius 1 is 0.862 bits per heavy atom. The Morgan fingerprint density at radius 2 is 1.34 bits per heavy atom. The molecule has 0 amide bonds. The Bertz CT molecular complexity index is 828. The van der Waals surface area contributed by atoms with Gasteiger partial charge in [-0.25, -0.2) is 0 Å². The van der Waals surface area contributed by atoms with Crippen LogP contribution in [-0.4, -0.2) is 8.07 Å². The lowest BCUT2D eigenvalue weighted by molar-refractivity contribution is 0.838. The molecule has 0 fully saturated rings. The summed E-state index contributed by atoms with van der Waals surface area (Å²) in [6.45, 7) is 18.5. The first-order chi connectivity index (χ1) is 13.7. The third-order valence-corrected chi connectivity index (χ3v) is 13.0. The van der Waals surface area contributed by atoms with Crippen LogP contribution in [0.1, 0.15) is 90.8 Å². The van der Waals surface area contributed by atoms with Crippen LogP contribution in [-0.2, 0) is 0 Å². The molecule has 1 heterocycles. The molecule has 0 spiro atoms.